The number of methoxy groups -OCH3 is 1. The molecule has 1 aromatic heterocycles. The zero-order valence-corrected chi connectivity index (χ0v) is 12.1. The Morgan fingerprint density at radius 1 is 1.56 bits per heavy atom. The lowest BCUT2D eigenvalue weighted by molar-refractivity contribution is 0.178. The van der Waals surface area contributed by atoms with Gasteiger partial charge in [0.15, 0.2) is 0 Å². The van der Waals surface area contributed by atoms with Gasteiger partial charge in [0.25, 0.3) is 0 Å². The van der Waals surface area contributed by atoms with Crippen molar-refractivity contribution >= 4 is 37.3 Å². The van der Waals surface area contributed by atoms with Gasteiger partial charge in [0.1, 0.15) is 4.66 Å². The van der Waals surface area contributed by atoms with Gasteiger partial charge in [-0.3, -0.25) is 0 Å². The molecular formula is C9H14BrNO3S2. The van der Waals surface area contributed by atoms with Crippen molar-refractivity contribution in [1.29, 1.82) is 0 Å². The van der Waals surface area contributed by atoms with Crippen LogP contribution >= 0.6 is 27.3 Å². The number of hydrogen-bond donors (Lipinski definition) is 0. The summed E-state index contributed by atoms with van der Waals surface area (Å²) in [6.45, 7) is 1.19. The Bertz CT molecular complexity index is 391. The van der Waals surface area contributed by atoms with Crippen molar-refractivity contribution < 1.29 is 13.2 Å². The van der Waals surface area contributed by atoms with Crippen molar-refractivity contribution in [1.82, 2.24) is 4.31 Å². The molecule has 0 bridgehead atoms. The van der Waals surface area contributed by atoms with Crippen LogP contribution in [0, 0.1) is 0 Å². The molecule has 0 aromatic carbocycles. The molecular weight excluding hydrogens is 314 g/mol. The van der Waals surface area contributed by atoms with Crippen molar-refractivity contribution in [2.45, 2.75) is 6.54 Å². The summed E-state index contributed by atoms with van der Waals surface area (Å²) >= 11 is 4.55. The molecule has 1 rings (SSSR count). The Labute approximate surface area is 108 Å². The first kappa shape index (κ1) is 14.1. The molecule has 0 spiro atoms. The normalized spacial score (nSPS) is 12.2. The van der Waals surface area contributed by atoms with Crippen molar-refractivity contribution in [3.8, 4) is 0 Å². The van der Waals surface area contributed by atoms with Crippen molar-refractivity contribution in [2.24, 2.45) is 0 Å². The lowest BCUT2D eigenvalue weighted by atomic mass is 10.4. The van der Waals surface area contributed by atoms with E-state index in [2.05, 4.69) is 15.9 Å². The third-order valence-corrected chi connectivity index (χ3v) is 5.96. The van der Waals surface area contributed by atoms with E-state index in [0.717, 1.165) is 4.88 Å². The molecule has 0 saturated heterocycles. The lowest BCUT2D eigenvalue weighted by Gasteiger charge is -2.19. The molecule has 1 heterocycles. The number of nitrogens with zero attached hydrogens (tertiary/aromatic N) is 1. The maximum atomic E-state index is 11.8. The molecule has 0 radical (unpaired) electrons. The number of hydrogen-bond acceptors (Lipinski definition) is 4. The second-order valence-electron chi connectivity index (χ2n) is 3.13. The fourth-order valence-corrected chi connectivity index (χ4v) is 3.65. The quantitative estimate of drug-likeness (QED) is 0.718. The molecule has 7 heteroatoms. The number of sulfonamides is 1. The summed E-state index contributed by atoms with van der Waals surface area (Å²) in [6, 6.07) is 3.84. The minimum atomic E-state index is -3.23. The SMILES string of the molecule is COCCN(Cc1cccs1)S(=O)(=O)CBr. The molecule has 0 aliphatic rings. The fourth-order valence-electron chi connectivity index (χ4n) is 1.15. The van der Waals surface area contributed by atoms with Crippen LogP contribution in [0.2, 0.25) is 0 Å². The number of thiophene rings is 1. The standard InChI is InChI=1S/C9H14BrNO3S2/c1-14-5-4-11(16(12,13)8-10)7-9-3-2-6-15-9/h2-3,6H,4-5,7-8H2,1H3. The number of alkyl halides is 1. The highest BCUT2D eigenvalue weighted by molar-refractivity contribution is 9.10. The van der Waals surface area contributed by atoms with Crippen LogP contribution in [0.5, 0.6) is 0 Å². The minimum Gasteiger partial charge on any atom is -0.383 e. The van der Waals surface area contributed by atoms with Crippen molar-refractivity contribution in [2.75, 3.05) is 24.9 Å². The van der Waals surface area contributed by atoms with Gasteiger partial charge in [-0.15, -0.1) is 11.3 Å². The predicted octanol–water partition coefficient (Wildman–Crippen LogP) is 1.88. The maximum absolute atomic E-state index is 11.8. The van der Waals surface area contributed by atoms with Crippen LogP contribution in [-0.2, 0) is 21.3 Å². The second-order valence-corrected chi connectivity index (χ2v) is 7.43. The molecule has 1 aromatic rings. The van der Waals surface area contributed by atoms with Gasteiger partial charge in [0.05, 0.1) is 6.61 Å². The number of rotatable bonds is 7. The average molecular weight is 328 g/mol. The topological polar surface area (TPSA) is 46.6 Å². The summed E-state index contributed by atoms with van der Waals surface area (Å²) in [5.74, 6) is 0. The average Bonchev–Trinajstić information content (AvgIpc) is 2.76. The van der Waals surface area contributed by atoms with Gasteiger partial charge in [-0.2, -0.15) is 4.31 Å². The first-order chi connectivity index (χ1) is 7.60. The Kier molecular flexibility index (Phi) is 5.91. The Hall–Kier alpha value is 0.0500. The van der Waals surface area contributed by atoms with E-state index in [9.17, 15) is 8.42 Å². The highest BCUT2D eigenvalue weighted by Gasteiger charge is 2.20. The third kappa shape index (κ3) is 4.14. The zero-order chi connectivity index (χ0) is 12.0. The monoisotopic (exact) mass is 327 g/mol. The Morgan fingerprint density at radius 2 is 2.31 bits per heavy atom. The summed E-state index contributed by atoms with van der Waals surface area (Å²) in [7, 11) is -1.67. The van der Waals surface area contributed by atoms with E-state index >= 15 is 0 Å². The summed E-state index contributed by atoms with van der Waals surface area (Å²) < 4.78 is 29.8. The molecule has 16 heavy (non-hydrogen) atoms. The molecule has 4 nitrogen and oxygen atoms in total. The van der Waals surface area contributed by atoms with Gasteiger partial charge in [-0.25, -0.2) is 8.42 Å². The highest BCUT2D eigenvalue weighted by atomic mass is 79.9. The van der Waals surface area contributed by atoms with Gasteiger partial charge in [-0.1, -0.05) is 22.0 Å². The molecule has 0 N–H and O–H groups in total. The van der Waals surface area contributed by atoms with Crippen LogP contribution < -0.4 is 0 Å². The lowest BCUT2D eigenvalue weighted by Crippen LogP contribution is -2.33. The van der Waals surface area contributed by atoms with Crippen molar-refractivity contribution in [3.63, 3.8) is 0 Å². The Balaban J connectivity index is 2.72. The number of ether oxygens (including phenoxy) is 1. The second kappa shape index (κ2) is 6.70. The first-order valence-corrected chi connectivity index (χ1v) is 8.26. The van der Waals surface area contributed by atoms with Crippen LogP contribution in [0.1, 0.15) is 4.88 Å². The number of halogens is 1. The van der Waals surface area contributed by atoms with Gasteiger partial charge in [-0.05, 0) is 11.4 Å². The Morgan fingerprint density at radius 3 is 2.81 bits per heavy atom. The molecule has 0 atom stereocenters. The third-order valence-electron chi connectivity index (χ3n) is 1.99. The maximum Gasteiger partial charge on any atom is 0.224 e. The van der Waals surface area contributed by atoms with E-state index in [4.69, 9.17) is 4.74 Å². The van der Waals surface area contributed by atoms with E-state index in [1.807, 2.05) is 17.5 Å². The molecule has 0 aliphatic carbocycles. The van der Waals surface area contributed by atoms with E-state index in [1.54, 1.807) is 18.4 Å². The van der Waals surface area contributed by atoms with Gasteiger partial charge < -0.3 is 4.74 Å². The molecule has 0 aliphatic heterocycles. The van der Waals surface area contributed by atoms with Crippen LogP contribution in [0.4, 0.5) is 0 Å². The molecule has 0 fully saturated rings. The smallest absolute Gasteiger partial charge is 0.224 e. The summed E-state index contributed by atoms with van der Waals surface area (Å²) in [5, 5.41) is 1.94. The fraction of sp³-hybridized carbons (Fsp3) is 0.556. The van der Waals surface area contributed by atoms with Gasteiger partial charge >= 0.3 is 0 Å². The van der Waals surface area contributed by atoms with Gasteiger partial charge in [0, 0.05) is 25.1 Å². The predicted molar refractivity (Wildman–Crippen MR) is 69.3 cm³/mol. The minimum absolute atomic E-state index is 0.0604. The summed E-state index contributed by atoms with van der Waals surface area (Å²) in [6.07, 6.45) is 0. The van der Waals surface area contributed by atoms with E-state index in [0.29, 0.717) is 19.7 Å². The molecule has 0 amide bonds. The first-order valence-electron chi connectivity index (χ1n) is 4.65. The van der Waals surface area contributed by atoms with E-state index in [-0.39, 0.29) is 4.66 Å². The highest BCUT2D eigenvalue weighted by Crippen LogP contribution is 2.15. The molecule has 92 valence electrons. The zero-order valence-electron chi connectivity index (χ0n) is 8.93. The molecule has 0 unspecified atom stereocenters. The summed E-state index contributed by atoms with van der Waals surface area (Å²) in [4.78, 5) is 1.03. The molecule has 0 saturated carbocycles. The van der Waals surface area contributed by atoms with E-state index < -0.39 is 10.0 Å². The largest absolute Gasteiger partial charge is 0.383 e. The van der Waals surface area contributed by atoms with Crippen LogP contribution in [0.3, 0.4) is 0 Å². The summed E-state index contributed by atoms with van der Waals surface area (Å²) in [5.41, 5.74) is 0. The van der Waals surface area contributed by atoms with Crippen LogP contribution in [-0.4, -0.2) is 37.6 Å². The van der Waals surface area contributed by atoms with Crippen LogP contribution in [0.25, 0.3) is 0 Å². The van der Waals surface area contributed by atoms with Crippen LogP contribution in [0.15, 0.2) is 17.5 Å². The van der Waals surface area contributed by atoms with Gasteiger partial charge in [0.2, 0.25) is 10.0 Å². The van der Waals surface area contributed by atoms with Crippen molar-refractivity contribution in [3.05, 3.63) is 22.4 Å². The van der Waals surface area contributed by atoms with E-state index in [1.165, 1.54) is 4.31 Å².